The van der Waals surface area contributed by atoms with E-state index >= 15 is 0 Å². The Labute approximate surface area is 202 Å². The number of fused-ring (bicyclic) bond motifs is 1. The summed E-state index contributed by atoms with van der Waals surface area (Å²) in [5, 5.41) is 3.49. The number of anilines is 1. The van der Waals surface area contributed by atoms with Gasteiger partial charge in [0.1, 0.15) is 11.4 Å². The van der Waals surface area contributed by atoms with Gasteiger partial charge in [0.05, 0.1) is 10.4 Å². The molecule has 0 bridgehead atoms. The summed E-state index contributed by atoms with van der Waals surface area (Å²) in [6, 6.07) is 18.3. The number of carbonyl (C=O) groups is 1. The molecule has 1 N–H and O–H groups in total. The Balaban J connectivity index is 1.84. The third-order valence-electron chi connectivity index (χ3n) is 5.56. The molecule has 174 valence electrons. The van der Waals surface area contributed by atoms with Crippen LogP contribution in [-0.2, 0) is 27.6 Å². The highest BCUT2D eigenvalue weighted by atomic mass is 35.5. The molecular weight excluding hydrogens is 472 g/mol. The molecule has 1 aromatic heterocycles. The first kappa shape index (κ1) is 23.7. The van der Waals surface area contributed by atoms with Crippen molar-refractivity contribution in [2.75, 3.05) is 5.32 Å². The van der Waals surface area contributed by atoms with E-state index in [1.54, 1.807) is 48.5 Å². The first-order valence-electron chi connectivity index (χ1n) is 10.7. The number of carbonyl (C=O) groups excluding carboxylic acids is 1. The van der Waals surface area contributed by atoms with E-state index in [9.17, 15) is 18.0 Å². The fourth-order valence-electron chi connectivity index (χ4n) is 3.73. The molecule has 0 saturated carbocycles. The highest BCUT2D eigenvalue weighted by molar-refractivity contribution is 7.91. The smallest absolute Gasteiger partial charge is 0.244 e. The van der Waals surface area contributed by atoms with Gasteiger partial charge in [-0.05, 0) is 61.4 Å². The number of nitrogens with one attached hydrogen (secondary N) is 1. The summed E-state index contributed by atoms with van der Waals surface area (Å²) in [7, 11) is -4.10. The summed E-state index contributed by atoms with van der Waals surface area (Å²) in [5.41, 5.74) is 2.21. The van der Waals surface area contributed by atoms with Gasteiger partial charge in [-0.25, -0.2) is 8.42 Å². The van der Waals surface area contributed by atoms with Crippen LogP contribution in [0.3, 0.4) is 0 Å². The zero-order valence-corrected chi connectivity index (χ0v) is 20.3. The maximum atomic E-state index is 13.4. The van der Waals surface area contributed by atoms with Gasteiger partial charge in [0.25, 0.3) is 0 Å². The Morgan fingerprint density at radius 2 is 1.76 bits per heavy atom. The van der Waals surface area contributed by atoms with Gasteiger partial charge in [-0.3, -0.25) is 9.59 Å². The van der Waals surface area contributed by atoms with Gasteiger partial charge in [-0.2, -0.15) is 0 Å². The molecule has 0 aliphatic carbocycles. The van der Waals surface area contributed by atoms with Gasteiger partial charge in [0, 0.05) is 22.3 Å². The van der Waals surface area contributed by atoms with Crippen molar-refractivity contribution >= 4 is 43.9 Å². The topological polar surface area (TPSA) is 85.2 Å². The highest BCUT2D eigenvalue weighted by Gasteiger charge is 2.24. The minimum atomic E-state index is -4.10. The molecule has 1 amide bonds. The molecule has 4 aromatic rings. The Hall–Kier alpha value is -3.42. The van der Waals surface area contributed by atoms with Crippen molar-refractivity contribution in [1.29, 1.82) is 0 Å². The molecule has 0 atom stereocenters. The van der Waals surface area contributed by atoms with Crippen LogP contribution in [0.4, 0.5) is 5.69 Å². The van der Waals surface area contributed by atoms with E-state index in [0.29, 0.717) is 22.6 Å². The molecule has 6 nitrogen and oxygen atoms in total. The van der Waals surface area contributed by atoms with E-state index in [2.05, 4.69) is 5.32 Å². The third kappa shape index (κ3) is 4.76. The largest absolute Gasteiger partial charge is 0.336 e. The number of nitrogens with zero attached hydrogens (tertiary/aromatic N) is 1. The average Bonchev–Trinajstić information content (AvgIpc) is 2.80. The zero-order valence-electron chi connectivity index (χ0n) is 18.7. The van der Waals surface area contributed by atoms with Crippen LogP contribution in [0.1, 0.15) is 18.1 Å². The Bertz CT molecular complexity index is 1560. The third-order valence-corrected chi connectivity index (χ3v) is 7.56. The zero-order chi connectivity index (χ0) is 24.5. The normalized spacial score (nSPS) is 11.5. The van der Waals surface area contributed by atoms with Crippen LogP contribution in [0, 0.1) is 6.92 Å². The van der Waals surface area contributed by atoms with E-state index in [0.717, 1.165) is 11.1 Å². The second kappa shape index (κ2) is 9.44. The number of hydrogen-bond acceptors (Lipinski definition) is 4. The van der Waals surface area contributed by atoms with Crippen LogP contribution in [-0.4, -0.2) is 18.9 Å². The number of amides is 1. The first-order valence-corrected chi connectivity index (χ1v) is 12.6. The number of pyridine rings is 1. The van der Waals surface area contributed by atoms with Crippen molar-refractivity contribution in [3.05, 3.63) is 99.3 Å². The van der Waals surface area contributed by atoms with E-state index < -0.39 is 15.3 Å². The van der Waals surface area contributed by atoms with E-state index in [4.69, 9.17) is 11.6 Å². The lowest BCUT2D eigenvalue weighted by molar-refractivity contribution is -0.116. The Kier molecular flexibility index (Phi) is 6.59. The van der Waals surface area contributed by atoms with Crippen molar-refractivity contribution in [3.63, 3.8) is 0 Å². The minimum absolute atomic E-state index is 0.0242. The van der Waals surface area contributed by atoms with Gasteiger partial charge >= 0.3 is 0 Å². The molecule has 0 unspecified atom stereocenters. The lowest BCUT2D eigenvalue weighted by Gasteiger charge is -2.15. The van der Waals surface area contributed by atoms with Crippen molar-refractivity contribution in [2.45, 2.75) is 36.6 Å². The lowest BCUT2D eigenvalue weighted by atomic mass is 10.1. The summed E-state index contributed by atoms with van der Waals surface area (Å²) in [6.07, 6.45) is 1.93. The summed E-state index contributed by atoms with van der Waals surface area (Å²) in [5.74, 6) is -0.384. The summed E-state index contributed by atoms with van der Waals surface area (Å²) in [4.78, 5) is 25.8. The number of benzene rings is 3. The van der Waals surface area contributed by atoms with Crippen molar-refractivity contribution in [2.24, 2.45) is 0 Å². The maximum absolute atomic E-state index is 13.4. The van der Waals surface area contributed by atoms with Crippen LogP contribution < -0.4 is 10.7 Å². The molecular formula is C26H23ClN2O4S. The van der Waals surface area contributed by atoms with Crippen molar-refractivity contribution in [3.8, 4) is 0 Å². The minimum Gasteiger partial charge on any atom is -0.336 e. The number of rotatable bonds is 6. The van der Waals surface area contributed by atoms with Gasteiger partial charge in [0.15, 0.2) is 0 Å². The Morgan fingerprint density at radius 1 is 1.03 bits per heavy atom. The monoisotopic (exact) mass is 494 g/mol. The average molecular weight is 495 g/mol. The fraction of sp³-hybridized carbons (Fsp3) is 0.154. The SMILES string of the molecule is CCc1ccc2c(c1)c(=O)c(S(=O)(=O)c1ccc(C)cc1)cn2CC(=O)Nc1cccc(Cl)c1. The van der Waals surface area contributed by atoms with E-state index in [1.807, 2.05) is 19.9 Å². The molecule has 0 aliphatic rings. The molecule has 0 aliphatic heterocycles. The van der Waals surface area contributed by atoms with Crippen LogP contribution in [0.2, 0.25) is 5.02 Å². The summed E-state index contributed by atoms with van der Waals surface area (Å²) in [6.45, 7) is 3.61. The molecule has 4 rings (SSSR count). The number of aryl methyl sites for hydroxylation is 2. The van der Waals surface area contributed by atoms with Gasteiger partial charge in [-0.15, -0.1) is 0 Å². The number of sulfone groups is 1. The molecule has 34 heavy (non-hydrogen) atoms. The summed E-state index contributed by atoms with van der Waals surface area (Å²) < 4.78 is 28.3. The predicted molar refractivity (Wildman–Crippen MR) is 134 cm³/mol. The first-order chi connectivity index (χ1) is 16.2. The summed E-state index contributed by atoms with van der Waals surface area (Å²) >= 11 is 5.99. The van der Waals surface area contributed by atoms with Gasteiger partial charge < -0.3 is 9.88 Å². The molecule has 0 radical (unpaired) electrons. The number of halogens is 1. The predicted octanol–water partition coefficient (Wildman–Crippen LogP) is 5.00. The Morgan fingerprint density at radius 3 is 2.44 bits per heavy atom. The van der Waals surface area contributed by atoms with Gasteiger partial charge in [-0.1, -0.05) is 48.4 Å². The van der Waals surface area contributed by atoms with Crippen LogP contribution in [0.5, 0.6) is 0 Å². The fourth-order valence-corrected chi connectivity index (χ4v) is 5.28. The molecule has 3 aromatic carbocycles. The molecule has 1 heterocycles. The molecule has 0 saturated heterocycles. The van der Waals surface area contributed by atoms with E-state index in [-0.39, 0.29) is 27.6 Å². The van der Waals surface area contributed by atoms with Crippen LogP contribution >= 0.6 is 11.6 Å². The molecule has 0 fully saturated rings. The second-order valence-electron chi connectivity index (χ2n) is 8.03. The van der Waals surface area contributed by atoms with E-state index in [1.165, 1.54) is 22.9 Å². The number of aromatic nitrogens is 1. The van der Waals surface area contributed by atoms with Gasteiger partial charge in [0.2, 0.25) is 21.2 Å². The number of hydrogen-bond donors (Lipinski definition) is 1. The second-order valence-corrected chi connectivity index (χ2v) is 10.4. The lowest BCUT2D eigenvalue weighted by Crippen LogP contribution is -2.24. The standard InChI is InChI=1S/C26H23ClN2O4S/c1-3-18-9-12-23-22(13-18)26(31)24(34(32,33)21-10-7-17(2)8-11-21)15-29(23)16-25(30)28-20-6-4-5-19(27)14-20/h4-15H,3,16H2,1-2H3,(H,28,30). The van der Waals surface area contributed by atoms with Crippen LogP contribution in [0.25, 0.3) is 10.9 Å². The van der Waals surface area contributed by atoms with Crippen molar-refractivity contribution < 1.29 is 13.2 Å². The molecule has 0 spiro atoms. The maximum Gasteiger partial charge on any atom is 0.244 e. The quantitative estimate of drug-likeness (QED) is 0.409. The molecule has 8 heteroatoms. The van der Waals surface area contributed by atoms with Crippen LogP contribution in [0.15, 0.2) is 87.5 Å². The highest BCUT2D eigenvalue weighted by Crippen LogP contribution is 2.23. The van der Waals surface area contributed by atoms with Crippen molar-refractivity contribution in [1.82, 2.24) is 4.57 Å².